The molecule has 0 amide bonds. The summed E-state index contributed by atoms with van der Waals surface area (Å²) in [7, 11) is 0. The first kappa shape index (κ1) is 24.6. The first-order valence-electron chi connectivity index (χ1n) is 9.20. The maximum atomic E-state index is 7.03. The zero-order chi connectivity index (χ0) is 22.4. The topological polar surface area (TPSA) is 0 Å². The molecule has 0 aromatic rings. The minimum absolute atomic E-state index is 0.0161. The molecule has 3 saturated carbocycles. The van der Waals surface area contributed by atoms with Gasteiger partial charge >= 0.3 is 0 Å². The summed E-state index contributed by atoms with van der Waals surface area (Å²) in [6.07, 6.45) is 2.37. The number of hydrogen-bond donors (Lipinski definition) is 0. The van der Waals surface area contributed by atoms with Crippen LogP contribution in [0.15, 0.2) is 20.1 Å². The second-order valence-corrected chi connectivity index (χ2v) is 15.5. The molecule has 168 valence electrons. The lowest BCUT2D eigenvalue weighted by Gasteiger charge is -2.47. The van der Waals surface area contributed by atoms with Gasteiger partial charge in [0.05, 0.1) is 20.1 Å². The Balaban J connectivity index is 1.55. The van der Waals surface area contributed by atoms with Gasteiger partial charge in [-0.05, 0) is 49.4 Å². The van der Waals surface area contributed by atoms with Crippen LogP contribution in [0.2, 0.25) is 0 Å². The van der Waals surface area contributed by atoms with E-state index in [-0.39, 0.29) is 43.8 Å². The lowest BCUT2D eigenvalue weighted by Crippen LogP contribution is -2.48. The van der Waals surface area contributed by atoms with Crippen molar-refractivity contribution in [2.75, 3.05) is 0 Å². The van der Waals surface area contributed by atoms with Crippen LogP contribution in [0.4, 0.5) is 0 Å². The summed E-state index contributed by atoms with van der Waals surface area (Å²) in [4.78, 5) is -5.15. The van der Waals surface area contributed by atoms with Crippen molar-refractivity contribution in [2.24, 2.45) is 23.7 Å². The molecule has 5 rings (SSSR count). The molecule has 0 radical (unpaired) electrons. The second kappa shape index (κ2) is 6.83. The molecular weight excluding hydrogens is 642 g/mol. The van der Waals surface area contributed by atoms with Gasteiger partial charge in [-0.15, -0.1) is 46.4 Å². The van der Waals surface area contributed by atoms with Crippen LogP contribution in [0.1, 0.15) is 25.7 Å². The van der Waals surface area contributed by atoms with Gasteiger partial charge in [0.2, 0.25) is 0 Å². The third kappa shape index (κ3) is 2.26. The third-order valence-electron chi connectivity index (χ3n) is 8.05. The molecule has 12 heteroatoms. The van der Waals surface area contributed by atoms with Crippen LogP contribution in [0.5, 0.6) is 0 Å². The Morgan fingerprint density at radius 1 is 0.533 bits per heavy atom. The van der Waals surface area contributed by atoms with E-state index in [2.05, 4.69) is 0 Å². The minimum Gasteiger partial charge on any atom is -0.110 e. The molecule has 5 aliphatic carbocycles. The minimum atomic E-state index is -1.57. The molecule has 30 heavy (non-hydrogen) atoms. The van der Waals surface area contributed by atoms with Crippen LogP contribution in [-0.2, 0) is 0 Å². The van der Waals surface area contributed by atoms with Crippen molar-refractivity contribution in [1.29, 1.82) is 0 Å². The Kier molecular flexibility index (Phi) is 5.61. The highest BCUT2D eigenvalue weighted by atomic mass is 35.5. The van der Waals surface area contributed by atoms with Gasteiger partial charge in [0.15, 0.2) is 8.67 Å². The van der Waals surface area contributed by atoms with Crippen molar-refractivity contribution >= 4 is 139 Å². The largest absolute Gasteiger partial charge is 0.166 e. The number of rotatable bonds is 1. The van der Waals surface area contributed by atoms with Gasteiger partial charge < -0.3 is 0 Å². The first-order valence-corrected chi connectivity index (χ1v) is 13.7. The van der Waals surface area contributed by atoms with Gasteiger partial charge in [0, 0.05) is 0 Å². The van der Waals surface area contributed by atoms with E-state index in [1.165, 1.54) is 0 Å². The molecule has 0 heterocycles. The van der Waals surface area contributed by atoms with Gasteiger partial charge in [0.25, 0.3) is 0 Å². The first-order chi connectivity index (χ1) is 13.6. The molecule has 3 fully saturated rings. The molecule has 5 aliphatic rings. The third-order valence-corrected chi connectivity index (χ3v) is 16.7. The van der Waals surface area contributed by atoms with Gasteiger partial charge in [-0.25, -0.2) is 0 Å². The Labute approximate surface area is 234 Å². The highest BCUT2D eigenvalue weighted by Crippen LogP contribution is 2.80. The van der Waals surface area contributed by atoms with E-state index >= 15 is 0 Å². The molecule has 0 aromatic heterocycles. The van der Waals surface area contributed by atoms with Crippen LogP contribution in [0.25, 0.3) is 0 Å². The van der Waals surface area contributed by atoms with Crippen LogP contribution < -0.4 is 0 Å². The van der Waals surface area contributed by atoms with Crippen molar-refractivity contribution in [2.45, 2.75) is 53.8 Å². The summed E-state index contributed by atoms with van der Waals surface area (Å²) in [5.41, 5.74) is 0. The van der Waals surface area contributed by atoms with Crippen molar-refractivity contribution in [3.8, 4) is 0 Å². The van der Waals surface area contributed by atoms with Crippen molar-refractivity contribution in [3.05, 3.63) is 20.1 Å². The van der Waals surface area contributed by atoms with Crippen molar-refractivity contribution < 1.29 is 0 Å². The Hall–Kier alpha value is 2.96. The predicted octanol–water partition coefficient (Wildman–Crippen LogP) is 9.72. The summed E-state index contributed by atoms with van der Waals surface area (Å²) in [6, 6.07) is 0. The molecule has 0 saturated heterocycles. The van der Waals surface area contributed by atoms with E-state index in [1.807, 2.05) is 0 Å². The van der Waals surface area contributed by atoms with Crippen LogP contribution in [-0.4, -0.2) is 28.2 Å². The number of halogens is 12. The SMILES string of the molecule is ClC1=C(Cl)[C@@]2(Cl)C[C@H]([C@@H]3CC[C@@H]4[C@@H](C3)[C@@]3(Cl)C(Cl)=C(Cl)[C@]4(Cl)C3(Cl)Cl)[C@@]1(Cl)C2(Cl)Cl. The average molecular weight is 654 g/mol. The van der Waals surface area contributed by atoms with Crippen molar-refractivity contribution in [1.82, 2.24) is 0 Å². The average Bonchev–Trinajstić information content (AvgIpc) is 3.03. The predicted molar refractivity (Wildman–Crippen MR) is 133 cm³/mol. The molecule has 0 N–H and O–H groups in total. The van der Waals surface area contributed by atoms with Crippen LogP contribution in [0.3, 0.4) is 0 Å². The highest BCUT2D eigenvalue weighted by molar-refractivity contribution is 6.66. The van der Waals surface area contributed by atoms with E-state index in [9.17, 15) is 0 Å². The number of fused-ring (bicyclic) bond motifs is 7. The number of alkyl halides is 8. The van der Waals surface area contributed by atoms with E-state index < -0.39 is 28.2 Å². The maximum absolute atomic E-state index is 7.03. The van der Waals surface area contributed by atoms with Crippen LogP contribution in [0, 0.1) is 23.7 Å². The summed E-state index contributed by atoms with van der Waals surface area (Å²) in [5.74, 6) is -0.614. The maximum Gasteiger partial charge on any atom is 0.166 e. The van der Waals surface area contributed by atoms with Gasteiger partial charge in [-0.3, -0.25) is 0 Å². The zero-order valence-electron chi connectivity index (χ0n) is 14.7. The summed E-state index contributed by atoms with van der Waals surface area (Å²) < 4.78 is -3.13. The fourth-order valence-corrected chi connectivity index (χ4v) is 12.6. The Morgan fingerprint density at radius 3 is 1.50 bits per heavy atom. The van der Waals surface area contributed by atoms with E-state index in [1.54, 1.807) is 0 Å². The zero-order valence-corrected chi connectivity index (χ0v) is 23.7. The van der Waals surface area contributed by atoms with E-state index in [0.29, 0.717) is 19.3 Å². The highest BCUT2D eigenvalue weighted by Gasteiger charge is 2.84. The number of allylic oxidation sites excluding steroid dienone is 4. The fraction of sp³-hybridized carbons (Fsp3) is 0.778. The van der Waals surface area contributed by atoms with Gasteiger partial charge in [-0.1, -0.05) is 92.8 Å². The van der Waals surface area contributed by atoms with E-state index in [4.69, 9.17) is 139 Å². The molecule has 8 atom stereocenters. The summed E-state index contributed by atoms with van der Waals surface area (Å²) in [6.45, 7) is 0. The smallest absolute Gasteiger partial charge is 0.110 e. The lowest BCUT2D eigenvalue weighted by molar-refractivity contribution is 0.126. The van der Waals surface area contributed by atoms with Gasteiger partial charge in [-0.2, -0.15) is 0 Å². The molecule has 0 unspecified atom stereocenters. The molecule has 0 aliphatic heterocycles. The van der Waals surface area contributed by atoms with E-state index in [0.717, 1.165) is 6.42 Å². The molecule has 0 nitrogen and oxygen atoms in total. The van der Waals surface area contributed by atoms with Crippen LogP contribution >= 0.6 is 139 Å². The second-order valence-electron chi connectivity index (χ2n) is 8.94. The molecule has 4 bridgehead atoms. The molecule has 0 spiro atoms. The standard InChI is InChI=1S/C18H12Cl12/c19-9-10(20)16(26)8(4-13(9,23)17(16,27)28)5-1-2-6-7(3-5)15(25)12(22)11(21)14(6,24)18(15,29)30/h5-8H,1-4H2/t5-,6-,7-,8-,13+,14+,15-,16+/m1/s1. The molecular formula is C18H12Cl12. The summed E-state index contributed by atoms with van der Waals surface area (Å²) in [5, 5.41) is 0.802. The van der Waals surface area contributed by atoms with Gasteiger partial charge in [0.1, 0.15) is 19.5 Å². The Morgan fingerprint density at radius 2 is 1.00 bits per heavy atom. The Bertz CT molecular complexity index is 922. The quantitative estimate of drug-likeness (QED) is 0.247. The number of hydrogen-bond acceptors (Lipinski definition) is 0. The monoisotopic (exact) mass is 648 g/mol. The normalized spacial score (nSPS) is 55.6. The fourth-order valence-electron chi connectivity index (χ4n) is 6.58. The summed E-state index contributed by atoms with van der Waals surface area (Å²) >= 11 is 80.6. The van der Waals surface area contributed by atoms with Crippen molar-refractivity contribution in [3.63, 3.8) is 0 Å². The lowest BCUT2D eigenvalue weighted by atomic mass is 9.64. The molecule has 0 aromatic carbocycles.